The van der Waals surface area contributed by atoms with Gasteiger partial charge in [-0.3, -0.25) is 0 Å². The second-order valence-electron chi connectivity index (χ2n) is 6.66. The number of halogens is 1. The van der Waals surface area contributed by atoms with Crippen molar-refractivity contribution in [3.05, 3.63) is 0 Å². The maximum absolute atomic E-state index is 3.40. The predicted octanol–water partition coefficient (Wildman–Crippen LogP) is 7.44. The largest absolute Gasteiger partial charge is 0.317 e. The number of hydrogen-bond acceptors (Lipinski definition) is 1. The molecule has 0 aliphatic heterocycles. The van der Waals surface area contributed by atoms with Crippen LogP contribution < -0.4 is 5.32 Å². The lowest BCUT2D eigenvalue weighted by Crippen LogP contribution is -2.13. The van der Waals surface area contributed by atoms with Crippen LogP contribution in [0, 0.1) is 0 Å². The van der Waals surface area contributed by atoms with Crippen molar-refractivity contribution >= 4 is 17.0 Å². The lowest BCUT2D eigenvalue weighted by molar-refractivity contribution is 0.526. The van der Waals surface area contributed by atoms with Crippen LogP contribution in [0.4, 0.5) is 0 Å². The van der Waals surface area contributed by atoms with Gasteiger partial charge in [0.05, 0.1) is 0 Å². The van der Waals surface area contributed by atoms with Gasteiger partial charge in [-0.15, -0.1) is 17.0 Å². The maximum Gasteiger partial charge on any atom is -0.00490 e. The summed E-state index contributed by atoms with van der Waals surface area (Å²) < 4.78 is 0. The number of hydrogen-bond donors (Lipinski definition) is 1. The summed E-state index contributed by atoms with van der Waals surface area (Å²) in [6, 6.07) is 0. The molecule has 0 unspecified atom stereocenters. The Morgan fingerprint density at radius 2 is 0.773 bits per heavy atom. The molecule has 0 aromatic heterocycles. The topological polar surface area (TPSA) is 12.0 Å². The van der Waals surface area contributed by atoms with Crippen LogP contribution in [0.1, 0.15) is 117 Å². The fourth-order valence-electron chi connectivity index (χ4n) is 2.97. The first-order valence-corrected chi connectivity index (χ1v) is 10.1. The van der Waals surface area contributed by atoms with Gasteiger partial charge >= 0.3 is 0 Å². The van der Waals surface area contributed by atoms with Crippen LogP contribution in [0.5, 0.6) is 0 Å². The van der Waals surface area contributed by atoms with Gasteiger partial charge in [0.1, 0.15) is 0 Å². The normalized spacial score (nSPS) is 10.6. The molecule has 0 bridgehead atoms. The summed E-state index contributed by atoms with van der Waals surface area (Å²) in [6.45, 7) is 6.82. The molecule has 0 radical (unpaired) electrons. The van der Waals surface area contributed by atoms with Gasteiger partial charge in [-0.1, -0.05) is 110 Å². The zero-order chi connectivity index (χ0) is 15.4. The zero-order valence-electron chi connectivity index (χ0n) is 15.6. The third kappa shape index (κ3) is 22.7. The number of unbranched alkanes of at least 4 members (excludes halogenated alkanes) is 15. The molecule has 0 aliphatic rings. The average Bonchev–Trinajstić information content (AvgIpc) is 2.50. The van der Waals surface area contributed by atoms with Crippen molar-refractivity contribution in [2.45, 2.75) is 117 Å². The Balaban J connectivity index is 0. The molecule has 2 heteroatoms. The van der Waals surface area contributed by atoms with Crippen molar-refractivity contribution in [2.24, 2.45) is 0 Å². The minimum atomic E-state index is 0. The molecule has 0 fully saturated rings. The maximum atomic E-state index is 3.40. The quantitative estimate of drug-likeness (QED) is 0.244. The Labute approximate surface area is 152 Å². The molecule has 0 spiro atoms. The van der Waals surface area contributed by atoms with Gasteiger partial charge in [-0.25, -0.2) is 0 Å². The van der Waals surface area contributed by atoms with Gasteiger partial charge in [0.25, 0.3) is 0 Å². The number of nitrogens with one attached hydrogen (secondary N) is 1. The lowest BCUT2D eigenvalue weighted by Gasteiger charge is -2.04. The first-order chi connectivity index (χ1) is 10.4. The van der Waals surface area contributed by atoms with Crippen LogP contribution in [0.2, 0.25) is 0 Å². The molecular weight excluding hydrogens is 334 g/mol. The molecule has 0 atom stereocenters. The van der Waals surface area contributed by atoms with Gasteiger partial charge in [-0.05, 0) is 19.5 Å². The molecule has 136 valence electrons. The van der Waals surface area contributed by atoms with Crippen molar-refractivity contribution in [1.29, 1.82) is 0 Å². The van der Waals surface area contributed by atoms with Crippen LogP contribution in [-0.4, -0.2) is 13.1 Å². The van der Waals surface area contributed by atoms with Crippen molar-refractivity contribution in [3.63, 3.8) is 0 Å². The molecule has 0 rings (SSSR count). The SMILES string of the molecule is Br.CCCCCCCCCCCCCCCCCCNCC. The van der Waals surface area contributed by atoms with Crippen LogP contribution in [0.25, 0.3) is 0 Å². The highest BCUT2D eigenvalue weighted by Gasteiger charge is 1.94. The average molecular weight is 378 g/mol. The summed E-state index contributed by atoms with van der Waals surface area (Å²) in [4.78, 5) is 0. The minimum absolute atomic E-state index is 0. The first kappa shape index (κ1) is 24.7. The van der Waals surface area contributed by atoms with Crippen molar-refractivity contribution in [3.8, 4) is 0 Å². The minimum Gasteiger partial charge on any atom is -0.317 e. The fraction of sp³-hybridized carbons (Fsp3) is 1.00. The summed E-state index contributed by atoms with van der Waals surface area (Å²) in [5.74, 6) is 0. The molecule has 0 aromatic rings. The molecule has 0 saturated heterocycles. The Kier molecular flexibility index (Phi) is 26.6. The van der Waals surface area contributed by atoms with E-state index in [4.69, 9.17) is 0 Å². The molecule has 1 N–H and O–H groups in total. The zero-order valence-corrected chi connectivity index (χ0v) is 17.3. The van der Waals surface area contributed by atoms with E-state index in [1.807, 2.05) is 0 Å². The smallest absolute Gasteiger partial charge is 0.00490 e. The van der Waals surface area contributed by atoms with E-state index in [0.29, 0.717) is 0 Å². The molecule has 0 aliphatic carbocycles. The molecular formula is C20H44BrN. The van der Waals surface area contributed by atoms with Crippen molar-refractivity contribution < 1.29 is 0 Å². The highest BCUT2D eigenvalue weighted by atomic mass is 79.9. The highest BCUT2D eigenvalue weighted by molar-refractivity contribution is 8.93. The Bertz CT molecular complexity index is 155. The standard InChI is InChI=1S/C20H43N.BrH/c1-3-5-6-7-8-9-10-11-12-13-14-15-16-17-18-19-20-21-4-2;/h21H,3-20H2,1-2H3;1H. The Morgan fingerprint density at radius 1 is 0.455 bits per heavy atom. The van der Waals surface area contributed by atoms with E-state index in [1.54, 1.807) is 0 Å². The second kappa shape index (κ2) is 23.7. The van der Waals surface area contributed by atoms with Gasteiger partial charge in [0.2, 0.25) is 0 Å². The predicted molar refractivity (Wildman–Crippen MR) is 108 cm³/mol. The van der Waals surface area contributed by atoms with Crippen LogP contribution in [-0.2, 0) is 0 Å². The highest BCUT2D eigenvalue weighted by Crippen LogP contribution is 2.13. The monoisotopic (exact) mass is 377 g/mol. The molecule has 0 aromatic carbocycles. The van der Waals surface area contributed by atoms with E-state index < -0.39 is 0 Å². The molecule has 0 saturated carbocycles. The van der Waals surface area contributed by atoms with Gasteiger partial charge in [0.15, 0.2) is 0 Å². The Morgan fingerprint density at radius 3 is 1.09 bits per heavy atom. The third-order valence-electron chi connectivity index (χ3n) is 4.46. The summed E-state index contributed by atoms with van der Waals surface area (Å²) in [7, 11) is 0. The second-order valence-corrected chi connectivity index (χ2v) is 6.66. The Hall–Kier alpha value is 0.440. The van der Waals surface area contributed by atoms with Crippen molar-refractivity contribution in [1.82, 2.24) is 5.32 Å². The molecule has 1 nitrogen and oxygen atoms in total. The van der Waals surface area contributed by atoms with E-state index in [1.165, 1.54) is 109 Å². The van der Waals surface area contributed by atoms with Crippen LogP contribution in [0.3, 0.4) is 0 Å². The molecule has 0 heterocycles. The van der Waals surface area contributed by atoms with Crippen LogP contribution in [0.15, 0.2) is 0 Å². The molecule has 22 heavy (non-hydrogen) atoms. The van der Waals surface area contributed by atoms with Crippen molar-refractivity contribution in [2.75, 3.05) is 13.1 Å². The summed E-state index contributed by atoms with van der Waals surface area (Å²) >= 11 is 0. The molecule has 0 amide bonds. The first-order valence-electron chi connectivity index (χ1n) is 10.1. The van der Waals surface area contributed by atoms with Gasteiger partial charge in [-0.2, -0.15) is 0 Å². The van der Waals surface area contributed by atoms with Gasteiger partial charge < -0.3 is 5.32 Å². The van der Waals surface area contributed by atoms with E-state index in [-0.39, 0.29) is 17.0 Å². The van der Waals surface area contributed by atoms with E-state index in [2.05, 4.69) is 19.2 Å². The van der Waals surface area contributed by atoms with Crippen LogP contribution >= 0.6 is 17.0 Å². The van der Waals surface area contributed by atoms with E-state index >= 15 is 0 Å². The fourth-order valence-corrected chi connectivity index (χ4v) is 2.97. The van der Waals surface area contributed by atoms with E-state index in [0.717, 1.165) is 6.54 Å². The van der Waals surface area contributed by atoms with Gasteiger partial charge in [0, 0.05) is 0 Å². The third-order valence-corrected chi connectivity index (χ3v) is 4.46. The summed E-state index contributed by atoms with van der Waals surface area (Å²) in [5.41, 5.74) is 0. The summed E-state index contributed by atoms with van der Waals surface area (Å²) in [6.07, 6.45) is 23.3. The summed E-state index contributed by atoms with van der Waals surface area (Å²) in [5, 5.41) is 3.40. The number of rotatable bonds is 18. The lowest BCUT2D eigenvalue weighted by atomic mass is 10.0. The van der Waals surface area contributed by atoms with E-state index in [9.17, 15) is 0 Å².